The Kier molecular flexibility index (Phi) is 3.07. The zero-order valence-electron chi connectivity index (χ0n) is 8.61. The number of hydrogen-bond donors (Lipinski definition) is 3. The fraction of sp³-hybridized carbons (Fsp3) is 0.250. The maximum absolute atomic E-state index is 11.2. The summed E-state index contributed by atoms with van der Waals surface area (Å²) in [4.78, 5) is 31.7. The van der Waals surface area contributed by atoms with E-state index in [-0.39, 0.29) is 29.9 Å². The number of hydrogen-bond acceptors (Lipinski definition) is 7. The molecule has 9 heteroatoms. The minimum Gasteiger partial charge on any atom is -0.337 e. The Morgan fingerprint density at radius 3 is 2.65 bits per heavy atom. The van der Waals surface area contributed by atoms with Crippen molar-refractivity contribution in [1.29, 1.82) is 0 Å². The quantitative estimate of drug-likeness (QED) is 0.349. The lowest BCUT2D eigenvalue weighted by Crippen LogP contribution is -2.51. The lowest BCUT2D eigenvalue weighted by Gasteiger charge is -2.26. The number of aromatic nitrogens is 2. The highest BCUT2D eigenvalue weighted by molar-refractivity contribution is 6.33. The zero-order chi connectivity index (χ0) is 12.4. The van der Waals surface area contributed by atoms with Crippen LogP contribution < -0.4 is 21.5 Å². The normalized spacial score (nSPS) is 15.8. The number of amides is 2. The van der Waals surface area contributed by atoms with Gasteiger partial charge in [0.2, 0.25) is 17.8 Å². The average Bonchev–Trinajstić information content (AvgIpc) is 2.28. The zero-order valence-corrected chi connectivity index (χ0v) is 9.36. The van der Waals surface area contributed by atoms with Gasteiger partial charge in [-0.2, -0.15) is 4.98 Å². The standard InChI is InChI=1S/C8H9ClN6O2/c9-4-1-11-8(14-10)13-7(4)15-2-5(16)12-6(17)3-15/h1H,2-3,10H2,(H,11,13,14)(H,12,16,17). The molecule has 1 aromatic heterocycles. The van der Waals surface area contributed by atoms with Crippen molar-refractivity contribution in [1.82, 2.24) is 15.3 Å². The van der Waals surface area contributed by atoms with Crippen molar-refractivity contribution in [3.63, 3.8) is 0 Å². The predicted molar refractivity (Wildman–Crippen MR) is 60.2 cm³/mol. The fourth-order valence-electron chi connectivity index (χ4n) is 1.44. The van der Waals surface area contributed by atoms with Gasteiger partial charge in [0.25, 0.3) is 0 Å². The van der Waals surface area contributed by atoms with Gasteiger partial charge in [-0.25, -0.2) is 10.8 Å². The number of nitrogens with two attached hydrogens (primary N) is 1. The second kappa shape index (κ2) is 4.52. The lowest BCUT2D eigenvalue weighted by molar-refractivity contribution is -0.130. The maximum Gasteiger partial charge on any atom is 0.246 e. The molecule has 0 bridgehead atoms. The van der Waals surface area contributed by atoms with Crippen LogP contribution in [0.2, 0.25) is 5.02 Å². The Bertz CT molecular complexity index is 463. The van der Waals surface area contributed by atoms with E-state index in [4.69, 9.17) is 17.4 Å². The molecule has 2 heterocycles. The van der Waals surface area contributed by atoms with E-state index in [2.05, 4.69) is 20.7 Å². The van der Waals surface area contributed by atoms with Crippen LogP contribution in [0.5, 0.6) is 0 Å². The Hall–Kier alpha value is -1.93. The van der Waals surface area contributed by atoms with Crippen molar-refractivity contribution >= 4 is 35.2 Å². The van der Waals surface area contributed by atoms with Crippen molar-refractivity contribution in [2.24, 2.45) is 5.84 Å². The molecule has 1 aromatic rings. The van der Waals surface area contributed by atoms with Gasteiger partial charge >= 0.3 is 0 Å². The molecular weight excluding hydrogens is 248 g/mol. The van der Waals surface area contributed by atoms with Crippen molar-refractivity contribution in [3.05, 3.63) is 11.2 Å². The molecule has 1 aliphatic rings. The molecular formula is C8H9ClN6O2. The molecule has 17 heavy (non-hydrogen) atoms. The molecule has 0 unspecified atom stereocenters. The third kappa shape index (κ3) is 2.43. The molecule has 2 amide bonds. The maximum atomic E-state index is 11.2. The van der Waals surface area contributed by atoms with Crippen LogP contribution in [-0.2, 0) is 9.59 Å². The fourth-order valence-corrected chi connectivity index (χ4v) is 1.65. The summed E-state index contributed by atoms with van der Waals surface area (Å²) < 4.78 is 0. The van der Waals surface area contributed by atoms with Crippen molar-refractivity contribution in [2.75, 3.05) is 23.4 Å². The number of piperazine rings is 1. The molecule has 0 atom stereocenters. The summed E-state index contributed by atoms with van der Waals surface area (Å²) in [5, 5.41) is 2.42. The van der Waals surface area contributed by atoms with Crippen LogP contribution in [0.25, 0.3) is 0 Å². The summed E-state index contributed by atoms with van der Waals surface area (Å²) in [6.07, 6.45) is 1.34. The number of imide groups is 1. The SMILES string of the molecule is NNc1ncc(Cl)c(N2CC(=O)NC(=O)C2)n1. The summed E-state index contributed by atoms with van der Waals surface area (Å²) in [5.74, 6) is 4.81. The van der Waals surface area contributed by atoms with Crippen LogP contribution in [0.3, 0.4) is 0 Å². The van der Waals surface area contributed by atoms with E-state index >= 15 is 0 Å². The van der Waals surface area contributed by atoms with Gasteiger partial charge in [-0.3, -0.25) is 20.3 Å². The van der Waals surface area contributed by atoms with Crippen LogP contribution in [-0.4, -0.2) is 34.9 Å². The number of nitrogen functional groups attached to an aromatic ring is 1. The first-order valence-corrected chi connectivity index (χ1v) is 5.04. The largest absolute Gasteiger partial charge is 0.337 e. The van der Waals surface area contributed by atoms with Crippen molar-refractivity contribution in [3.8, 4) is 0 Å². The molecule has 90 valence electrons. The molecule has 4 N–H and O–H groups in total. The first kappa shape index (κ1) is 11.6. The molecule has 0 aromatic carbocycles. The first-order chi connectivity index (χ1) is 8.10. The highest BCUT2D eigenvalue weighted by Crippen LogP contribution is 2.23. The summed E-state index contributed by atoms with van der Waals surface area (Å²) >= 11 is 5.90. The van der Waals surface area contributed by atoms with E-state index in [0.29, 0.717) is 0 Å². The minimum absolute atomic E-state index is 0.00643. The molecule has 0 spiro atoms. The molecule has 8 nitrogen and oxygen atoms in total. The van der Waals surface area contributed by atoms with E-state index in [1.165, 1.54) is 11.1 Å². The minimum atomic E-state index is -0.404. The van der Waals surface area contributed by atoms with Gasteiger partial charge in [0, 0.05) is 0 Å². The van der Waals surface area contributed by atoms with E-state index in [1.54, 1.807) is 0 Å². The molecule has 0 aliphatic carbocycles. The topological polar surface area (TPSA) is 113 Å². The second-order valence-corrected chi connectivity index (χ2v) is 3.74. The van der Waals surface area contributed by atoms with Crippen LogP contribution in [0, 0.1) is 0 Å². The molecule has 1 saturated heterocycles. The van der Waals surface area contributed by atoms with Gasteiger partial charge in [-0.1, -0.05) is 11.6 Å². The van der Waals surface area contributed by atoms with E-state index < -0.39 is 11.8 Å². The van der Waals surface area contributed by atoms with E-state index in [9.17, 15) is 9.59 Å². The number of nitrogens with zero attached hydrogens (tertiary/aromatic N) is 3. The number of anilines is 2. The Balaban J connectivity index is 2.32. The lowest BCUT2D eigenvalue weighted by atomic mass is 10.3. The van der Waals surface area contributed by atoms with Crippen LogP contribution in [0.4, 0.5) is 11.8 Å². The van der Waals surface area contributed by atoms with Gasteiger partial charge in [-0.15, -0.1) is 0 Å². The third-order valence-electron chi connectivity index (χ3n) is 2.10. The summed E-state index contributed by atoms with van der Waals surface area (Å²) in [6, 6.07) is 0. The highest BCUT2D eigenvalue weighted by Gasteiger charge is 2.25. The first-order valence-electron chi connectivity index (χ1n) is 4.67. The van der Waals surface area contributed by atoms with Crippen molar-refractivity contribution in [2.45, 2.75) is 0 Å². The highest BCUT2D eigenvalue weighted by atomic mass is 35.5. The van der Waals surface area contributed by atoms with Gasteiger partial charge in [0.1, 0.15) is 5.02 Å². The molecule has 1 fully saturated rings. The average molecular weight is 257 g/mol. The number of carbonyl (C=O) groups excluding carboxylic acids is 2. The van der Waals surface area contributed by atoms with Gasteiger partial charge in [-0.05, 0) is 0 Å². The number of rotatable bonds is 2. The predicted octanol–water partition coefficient (Wildman–Crippen LogP) is -1.12. The Labute approximate surface area is 101 Å². The van der Waals surface area contributed by atoms with Gasteiger partial charge < -0.3 is 4.90 Å². The summed E-state index contributed by atoms with van der Waals surface area (Å²) in [6.45, 7) is 0.0129. The number of halogens is 1. The second-order valence-electron chi connectivity index (χ2n) is 3.34. The summed E-state index contributed by atoms with van der Waals surface area (Å²) in [7, 11) is 0. The van der Waals surface area contributed by atoms with Crippen molar-refractivity contribution < 1.29 is 9.59 Å². The smallest absolute Gasteiger partial charge is 0.246 e. The van der Waals surface area contributed by atoms with E-state index in [0.717, 1.165) is 0 Å². The molecule has 1 aliphatic heterocycles. The summed E-state index contributed by atoms with van der Waals surface area (Å²) in [5.41, 5.74) is 2.26. The van der Waals surface area contributed by atoms with Gasteiger partial charge in [0.05, 0.1) is 19.3 Å². The number of carbonyl (C=O) groups is 2. The third-order valence-corrected chi connectivity index (χ3v) is 2.37. The molecule has 0 radical (unpaired) electrons. The number of hydrazine groups is 1. The number of nitrogens with one attached hydrogen (secondary N) is 2. The van der Waals surface area contributed by atoms with E-state index in [1.807, 2.05) is 0 Å². The Morgan fingerprint density at radius 2 is 2.06 bits per heavy atom. The molecule has 2 rings (SSSR count). The van der Waals surface area contributed by atoms with Crippen LogP contribution in [0.1, 0.15) is 0 Å². The van der Waals surface area contributed by atoms with Crippen LogP contribution >= 0.6 is 11.6 Å². The van der Waals surface area contributed by atoms with Gasteiger partial charge in [0.15, 0.2) is 5.82 Å². The monoisotopic (exact) mass is 256 g/mol. The van der Waals surface area contributed by atoms with Crippen LogP contribution in [0.15, 0.2) is 6.20 Å². The molecule has 0 saturated carbocycles. The Morgan fingerprint density at radius 1 is 1.41 bits per heavy atom.